The van der Waals surface area contributed by atoms with E-state index < -0.39 is 0 Å². The minimum absolute atomic E-state index is 0.0589. The van der Waals surface area contributed by atoms with Gasteiger partial charge < -0.3 is 0 Å². The molecular formula is C14H17BrFN. The summed E-state index contributed by atoms with van der Waals surface area (Å²) >= 11 is 3.48. The highest BCUT2D eigenvalue weighted by Crippen LogP contribution is 2.33. The smallest absolute Gasteiger partial charge is 0.145 e. The summed E-state index contributed by atoms with van der Waals surface area (Å²) in [6.07, 6.45) is 0.843. The Morgan fingerprint density at radius 1 is 1.35 bits per heavy atom. The zero-order valence-corrected chi connectivity index (χ0v) is 12.2. The van der Waals surface area contributed by atoms with Crippen LogP contribution in [-0.2, 0) is 6.42 Å². The van der Waals surface area contributed by atoms with E-state index in [9.17, 15) is 4.39 Å². The van der Waals surface area contributed by atoms with E-state index in [1.54, 1.807) is 6.07 Å². The minimum atomic E-state index is -0.387. The molecule has 0 radical (unpaired) electrons. The van der Waals surface area contributed by atoms with Crippen molar-refractivity contribution in [3.05, 3.63) is 33.0 Å². The summed E-state index contributed by atoms with van der Waals surface area (Å²) in [7, 11) is 0. The van der Waals surface area contributed by atoms with E-state index in [0.717, 1.165) is 16.5 Å². The van der Waals surface area contributed by atoms with Gasteiger partial charge in [0.15, 0.2) is 0 Å². The van der Waals surface area contributed by atoms with E-state index >= 15 is 0 Å². The average molecular weight is 298 g/mol. The highest BCUT2D eigenvalue weighted by atomic mass is 79.9. The van der Waals surface area contributed by atoms with Gasteiger partial charge in [-0.25, -0.2) is 4.39 Å². The predicted molar refractivity (Wildman–Crippen MR) is 71.4 cm³/mol. The van der Waals surface area contributed by atoms with Crippen molar-refractivity contribution in [3.63, 3.8) is 0 Å². The highest BCUT2D eigenvalue weighted by Gasteiger charge is 2.19. The van der Waals surface area contributed by atoms with Gasteiger partial charge in [0.05, 0.1) is 5.56 Å². The third kappa shape index (κ3) is 3.07. The van der Waals surface area contributed by atoms with Crippen molar-refractivity contribution in [2.45, 2.75) is 40.0 Å². The lowest BCUT2D eigenvalue weighted by Crippen LogP contribution is -2.04. The van der Waals surface area contributed by atoms with Crippen LogP contribution >= 0.6 is 15.9 Å². The maximum Gasteiger partial charge on any atom is 0.145 e. The molecule has 0 heterocycles. The van der Waals surface area contributed by atoms with Gasteiger partial charge in [-0.05, 0) is 29.9 Å². The van der Waals surface area contributed by atoms with Gasteiger partial charge in [0, 0.05) is 10.0 Å². The molecule has 1 nitrogen and oxygen atoms in total. The zero-order chi connectivity index (χ0) is 13.2. The van der Waals surface area contributed by atoms with Crippen molar-refractivity contribution in [2.24, 2.45) is 5.92 Å². The van der Waals surface area contributed by atoms with Gasteiger partial charge in [-0.1, -0.05) is 43.6 Å². The molecule has 0 aliphatic carbocycles. The summed E-state index contributed by atoms with van der Waals surface area (Å²) in [5.41, 5.74) is 1.77. The van der Waals surface area contributed by atoms with Crippen molar-refractivity contribution in [1.29, 1.82) is 5.26 Å². The number of rotatable bonds is 3. The van der Waals surface area contributed by atoms with Crippen molar-refractivity contribution in [1.82, 2.24) is 0 Å². The molecule has 3 heteroatoms. The van der Waals surface area contributed by atoms with Crippen LogP contribution < -0.4 is 0 Å². The minimum Gasteiger partial charge on any atom is -0.205 e. The van der Waals surface area contributed by atoms with Gasteiger partial charge in [-0.2, -0.15) is 5.26 Å². The molecule has 17 heavy (non-hydrogen) atoms. The highest BCUT2D eigenvalue weighted by molar-refractivity contribution is 9.10. The van der Waals surface area contributed by atoms with Crippen LogP contribution in [0.15, 0.2) is 10.5 Å². The topological polar surface area (TPSA) is 23.8 Å². The number of benzene rings is 1. The van der Waals surface area contributed by atoms with Gasteiger partial charge in [-0.15, -0.1) is 0 Å². The van der Waals surface area contributed by atoms with E-state index in [0.29, 0.717) is 11.5 Å². The number of halogens is 2. The van der Waals surface area contributed by atoms with Crippen molar-refractivity contribution < 1.29 is 4.39 Å². The van der Waals surface area contributed by atoms with Crippen LogP contribution in [0.25, 0.3) is 0 Å². The Morgan fingerprint density at radius 2 is 1.94 bits per heavy atom. The summed E-state index contributed by atoms with van der Waals surface area (Å²) in [4.78, 5) is 0. The summed E-state index contributed by atoms with van der Waals surface area (Å²) < 4.78 is 14.9. The molecule has 0 saturated carbocycles. The molecule has 1 rings (SSSR count). The normalized spacial score (nSPS) is 11.0. The molecule has 0 aromatic heterocycles. The Morgan fingerprint density at radius 3 is 2.35 bits per heavy atom. The SMILES string of the molecule is CC(C)Cc1cc(C#N)c(F)c(C(C)C)c1Br. The molecule has 0 unspecified atom stereocenters. The molecule has 0 saturated heterocycles. The fourth-order valence-corrected chi connectivity index (χ4v) is 2.80. The molecule has 0 aliphatic rings. The van der Waals surface area contributed by atoms with Crippen molar-refractivity contribution in [3.8, 4) is 6.07 Å². The van der Waals surface area contributed by atoms with Gasteiger partial charge in [0.2, 0.25) is 0 Å². The Bertz CT molecular complexity index is 458. The number of nitrogens with zero attached hydrogens (tertiary/aromatic N) is 1. The van der Waals surface area contributed by atoms with Gasteiger partial charge in [-0.3, -0.25) is 0 Å². The second-order valence-electron chi connectivity index (χ2n) is 4.99. The lowest BCUT2D eigenvalue weighted by atomic mass is 9.93. The third-order valence-corrected chi connectivity index (χ3v) is 3.57. The first-order chi connectivity index (χ1) is 7.88. The summed E-state index contributed by atoms with van der Waals surface area (Å²) in [6, 6.07) is 3.59. The largest absolute Gasteiger partial charge is 0.205 e. The third-order valence-electron chi connectivity index (χ3n) is 2.64. The van der Waals surface area contributed by atoms with Crippen LogP contribution in [0.4, 0.5) is 4.39 Å². The molecule has 0 aliphatic heterocycles. The molecule has 0 bridgehead atoms. The summed E-state index contributed by atoms with van der Waals surface area (Å²) in [5.74, 6) is 0.147. The lowest BCUT2D eigenvalue weighted by molar-refractivity contribution is 0.586. The molecule has 0 N–H and O–H groups in total. The Balaban J connectivity index is 3.44. The van der Waals surface area contributed by atoms with Crippen molar-refractivity contribution in [2.75, 3.05) is 0 Å². The van der Waals surface area contributed by atoms with Crippen molar-refractivity contribution >= 4 is 15.9 Å². The first kappa shape index (κ1) is 14.2. The number of hydrogen-bond acceptors (Lipinski definition) is 1. The second-order valence-corrected chi connectivity index (χ2v) is 5.78. The Kier molecular flexibility index (Phi) is 4.70. The van der Waals surface area contributed by atoms with Crippen LogP contribution in [0.1, 0.15) is 50.3 Å². The Labute approximate surface area is 111 Å². The van der Waals surface area contributed by atoms with Crippen LogP contribution in [-0.4, -0.2) is 0 Å². The molecular weight excluding hydrogens is 281 g/mol. The monoisotopic (exact) mass is 297 g/mol. The maximum absolute atomic E-state index is 14.0. The molecule has 0 atom stereocenters. The zero-order valence-electron chi connectivity index (χ0n) is 10.6. The quantitative estimate of drug-likeness (QED) is 0.787. The first-order valence-corrected chi connectivity index (χ1v) is 6.58. The molecule has 1 aromatic rings. The molecule has 0 spiro atoms. The average Bonchev–Trinajstić information content (AvgIpc) is 2.21. The molecule has 92 valence electrons. The molecule has 0 fully saturated rings. The Hall–Kier alpha value is -0.880. The van der Waals surface area contributed by atoms with Crippen LogP contribution in [0.5, 0.6) is 0 Å². The summed E-state index contributed by atoms with van der Waals surface area (Å²) in [5, 5.41) is 8.97. The second kappa shape index (κ2) is 5.64. The first-order valence-electron chi connectivity index (χ1n) is 5.79. The standard InChI is InChI=1S/C14H17BrFN/c1-8(2)5-10-6-11(7-17)14(16)12(9(3)4)13(10)15/h6,8-9H,5H2,1-4H3. The van der Waals surface area contributed by atoms with Gasteiger partial charge >= 0.3 is 0 Å². The predicted octanol–water partition coefficient (Wildman–Crippen LogP) is 4.78. The fraction of sp³-hybridized carbons (Fsp3) is 0.500. The van der Waals surface area contributed by atoms with E-state index in [-0.39, 0.29) is 17.3 Å². The van der Waals surface area contributed by atoms with Crippen LogP contribution in [0, 0.1) is 23.1 Å². The lowest BCUT2D eigenvalue weighted by Gasteiger charge is -2.16. The summed E-state index contributed by atoms with van der Waals surface area (Å²) in [6.45, 7) is 8.08. The fourth-order valence-electron chi connectivity index (χ4n) is 1.89. The maximum atomic E-state index is 14.0. The number of hydrogen-bond donors (Lipinski definition) is 0. The molecule has 1 aromatic carbocycles. The van der Waals surface area contributed by atoms with E-state index in [4.69, 9.17) is 5.26 Å². The van der Waals surface area contributed by atoms with E-state index in [2.05, 4.69) is 29.8 Å². The van der Waals surface area contributed by atoms with Crippen LogP contribution in [0.2, 0.25) is 0 Å². The molecule has 0 amide bonds. The van der Waals surface area contributed by atoms with Gasteiger partial charge in [0.1, 0.15) is 11.9 Å². The van der Waals surface area contributed by atoms with E-state index in [1.165, 1.54) is 0 Å². The van der Waals surface area contributed by atoms with Gasteiger partial charge in [0.25, 0.3) is 0 Å². The number of nitriles is 1. The van der Waals surface area contributed by atoms with Crippen LogP contribution in [0.3, 0.4) is 0 Å². The van der Waals surface area contributed by atoms with E-state index in [1.807, 2.05) is 19.9 Å².